The van der Waals surface area contributed by atoms with Crippen LogP contribution in [0.2, 0.25) is 0 Å². The zero-order valence-corrected chi connectivity index (χ0v) is 14.4. The van der Waals surface area contributed by atoms with Crippen LogP contribution in [0, 0.1) is 5.92 Å². The second kappa shape index (κ2) is 6.89. The van der Waals surface area contributed by atoms with Gasteiger partial charge in [0.05, 0.1) is 19.4 Å². The number of hydrogen-bond donors (Lipinski definition) is 3. The molecule has 26 heavy (non-hydrogen) atoms. The summed E-state index contributed by atoms with van der Waals surface area (Å²) in [5.41, 5.74) is 1.24. The SMILES string of the molecule is C[C@H]1C[C@H](N2CNc3c(NC(=O)c4ccccc4)ncnc32)O[C@@H]1CO. The minimum absolute atomic E-state index is 0.00789. The summed E-state index contributed by atoms with van der Waals surface area (Å²) in [4.78, 5) is 23.0. The number of nitrogens with zero attached hydrogens (tertiary/aromatic N) is 3. The van der Waals surface area contributed by atoms with Crippen molar-refractivity contribution in [3.63, 3.8) is 0 Å². The molecule has 0 spiro atoms. The lowest BCUT2D eigenvalue weighted by Crippen LogP contribution is -2.35. The number of aromatic nitrogens is 2. The average Bonchev–Trinajstić information content (AvgIpc) is 3.26. The summed E-state index contributed by atoms with van der Waals surface area (Å²) in [5, 5.41) is 15.5. The van der Waals surface area contributed by atoms with Crippen LogP contribution in [0.3, 0.4) is 0 Å². The van der Waals surface area contributed by atoms with Crippen molar-refractivity contribution in [3.8, 4) is 0 Å². The van der Waals surface area contributed by atoms with E-state index in [4.69, 9.17) is 4.74 Å². The van der Waals surface area contributed by atoms with Crippen molar-refractivity contribution in [2.24, 2.45) is 5.92 Å². The summed E-state index contributed by atoms with van der Waals surface area (Å²) in [7, 11) is 0. The summed E-state index contributed by atoms with van der Waals surface area (Å²) in [6.45, 7) is 2.59. The number of carbonyl (C=O) groups is 1. The van der Waals surface area contributed by atoms with Gasteiger partial charge in [0.2, 0.25) is 0 Å². The molecule has 0 aliphatic carbocycles. The highest BCUT2D eigenvalue weighted by atomic mass is 16.5. The van der Waals surface area contributed by atoms with Gasteiger partial charge in [-0.3, -0.25) is 4.79 Å². The second-order valence-electron chi connectivity index (χ2n) is 6.57. The standard InChI is InChI=1S/C18H21N5O3/c1-11-7-14(26-13(11)8-24)23-10-21-15-16(19-9-20-17(15)23)22-18(25)12-5-3-2-4-6-12/h2-6,9,11,13-14,21,24H,7-8,10H2,1H3,(H,19,20,22,25)/t11-,13+,14+/m0/s1. The molecule has 0 radical (unpaired) electrons. The highest BCUT2D eigenvalue weighted by molar-refractivity contribution is 6.06. The molecule has 1 aromatic heterocycles. The van der Waals surface area contributed by atoms with Crippen molar-refractivity contribution in [1.82, 2.24) is 9.97 Å². The van der Waals surface area contributed by atoms with Crippen molar-refractivity contribution in [3.05, 3.63) is 42.2 Å². The molecule has 136 valence electrons. The molecule has 1 saturated heterocycles. The second-order valence-corrected chi connectivity index (χ2v) is 6.57. The van der Waals surface area contributed by atoms with E-state index < -0.39 is 0 Å². The zero-order chi connectivity index (χ0) is 18.1. The van der Waals surface area contributed by atoms with Gasteiger partial charge in [0.1, 0.15) is 18.2 Å². The molecule has 8 nitrogen and oxygen atoms in total. The Bertz CT molecular complexity index is 801. The van der Waals surface area contributed by atoms with Crippen molar-refractivity contribution in [1.29, 1.82) is 0 Å². The molecule has 2 aliphatic rings. The molecule has 3 N–H and O–H groups in total. The molecule has 0 bridgehead atoms. The Labute approximate surface area is 151 Å². The number of aliphatic hydroxyl groups excluding tert-OH is 1. The quantitative estimate of drug-likeness (QED) is 0.767. The Morgan fingerprint density at radius 1 is 1.38 bits per heavy atom. The first-order valence-corrected chi connectivity index (χ1v) is 8.65. The van der Waals surface area contributed by atoms with Crippen molar-refractivity contribution < 1.29 is 14.6 Å². The minimum atomic E-state index is -0.224. The van der Waals surface area contributed by atoms with Gasteiger partial charge >= 0.3 is 0 Å². The van der Waals surface area contributed by atoms with Gasteiger partial charge in [-0.25, -0.2) is 9.97 Å². The van der Waals surface area contributed by atoms with E-state index in [2.05, 4.69) is 27.5 Å². The highest BCUT2D eigenvalue weighted by Gasteiger charge is 2.39. The Morgan fingerprint density at radius 2 is 2.19 bits per heavy atom. The average molecular weight is 355 g/mol. The van der Waals surface area contributed by atoms with Crippen molar-refractivity contribution in [2.45, 2.75) is 25.7 Å². The highest BCUT2D eigenvalue weighted by Crippen LogP contribution is 2.39. The van der Waals surface area contributed by atoms with Crippen LogP contribution in [0.4, 0.5) is 17.3 Å². The van der Waals surface area contributed by atoms with Gasteiger partial charge in [0.25, 0.3) is 5.91 Å². The summed E-state index contributed by atoms with van der Waals surface area (Å²) in [6, 6.07) is 8.99. The normalized spacial score (nSPS) is 24.2. The molecule has 1 fully saturated rings. The number of nitrogens with one attached hydrogen (secondary N) is 2. The summed E-state index contributed by atoms with van der Waals surface area (Å²) < 4.78 is 5.94. The maximum absolute atomic E-state index is 12.4. The molecule has 1 amide bonds. The van der Waals surface area contributed by atoms with Crippen LogP contribution in [-0.4, -0.2) is 46.6 Å². The summed E-state index contributed by atoms with van der Waals surface area (Å²) in [5.74, 6) is 1.18. The molecule has 2 aliphatic heterocycles. The van der Waals surface area contributed by atoms with Crippen molar-refractivity contribution >= 4 is 23.2 Å². The first kappa shape index (κ1) is 16.7. The van der Waals surface area contributed by atoms with Crippen LogP contribution in [0.25, 0.3) is 0 Å². The van der Waals surface area contributed by atoms with E-state index in [9.17, 15) is 9.90 Å². The number of fused-ring (bicyclic) bond motifs is 1. The topological polar surface area (TPSA) is 99.6 Å². The van der Waals surface area contributed by atoms with Gasteiger partial charge in [0, 0.05) is 5.56 Å². The number of anilines is 3. The van der Waals surface area contributed by atoms with Gasteiger partial charge in [0.15, 0.2) is 11.6 Å². The fourth-order valence-corrected chi connectivity index (χ4v) is 3.38. The molecule has 3 atom stereocenters. The number of hydrogen-bond acceptors (Lipinski definition) is 7. The summed E-state index contributed by atoms with van der Waals surface area (Å²) >= 11 is 0. The largest absolute Gasteiger partial charge is 0.394 e. The van der Waals surface area contributed by atoms with Crippen molar-refractivity contribution in [2.75, 3.05) is 28.8 Å². The lowest BCUT2D eigenvalue weighted by molar-refractivity contribution is 0.00149. The number of ether oxygens (including phenoxy) is 1. The first-order valence-electron chi connectivity index (χ1n) is 8.65. The predicted molar refractivity (Wildman–Crippen MR) is 96.9 cm³/mol. The molecular weight excluding hydrogens is 334 g/mol. The van der Waals surface area contributed by atoms with Gasteiger partial charge in [-0.15, -0.1) is 0 Å². The predicted octanol–water partition coefficient (Wildman–Crippen LogP) is 1.66. The number of aliphatic hydroxyl groups is 1. The number of benzene rings is 1. The summed E-state index contributed by atoms with van der Waals surface area (Å²) in [6.07, 6.45) is 1.91. The number of rotatable bonds is 4. The fraction of sp³-hybridized carbons (Fsp3) is 0.389. The zero-order valence-electron chi connectivity index (χ0n) is 14.4. The van der Waals surface area contributed by atoms with Gasteiger partial charge < -0.3 is 25.4 Å². The van der Waals surface area contributed by atoms with E-state index in [1.165, 1.54) is 6.33 Å². The van der Waals surface area contributed by atoms with Gasteiger partial charge in [-0.1, -0.05) is 25.1 Å². The van der Waals surface area contributed by atoms with Crippen LogP contribution in [0.1, 0.15) is 23.7 Å². The maximum atomic E-state index is 12.4. The Morgan fingerprint density at radius 3 is 2.92 bits per heavy atom. The first-order chi connectivity index (χ1) is 12.7. The molecule has 1 aromatic carbocycles. The van der Waals surface area contributed by atoms with Crippen LogP contribution >= 0.6 is 0 Å². The number of carbonyl (C=O) groups excluding carboxylic acids is 1. The lowest BCUT2D eigenvalue weighted by Gasteiger charge is -2.24. The van der Waals surface area contributed by atoms with E-state index in [0.29, 0.717) is 29.6 Å². The van der Waals surface area contributed by atoms with E-state index >= 15 is 0 Å². The Balaban J connectivity index is 1.54. The minimum Gasteiger partial charge on any atom is -0.394 e. The molecule has 2 aromatic rings. The van der Waals surface area contributed by atoms with E-state index in [1.807, 2.05) is 23.1 Å². The molecule has 4 rings (SSSR count). The molecule has 0 unspecified atom stereocenters. The van der Waals surface area contributed by atoms with E-state index in [1.54, 1.807) is 12.1 Å². The van der Waals surface area contributed by atoms with E-state index in [-0.39, 0.29) is 30.8 Å². The lowest BCUT2D eigenvalue weighted by atomic mass is 10.0. The maximum Gasteiger partial charge on any atom is 0.256 e. The monoisotopic (exact) mass is 355 g/mol. The molecule has 8 heteroatoms. The van der Waals surface area contributed by atoms with Crippen LogP contribution in [0.5, 0.6) is 0 Å². The van der Waals surface area contributed by atoms with Crippen LogP contribution in [-0.2, 0) is 4.74 Å². The molecular formula is C18H21N5O3. The third kappa shape index (κ3) is 2.97. The smallest absolute Gasteiger partial charge is 0.256 e. The van der Waals surface area contributed by atoms with Gasteiger partial charge in [-0.05, 0) is 24.5 Å². The molecule has 0 saturated carbocycles. The molecule has 3 heterocycles. The number of amides is 1. The van der Waals surface area contributed by atoms with Crippen LogP contribution in [0.15, 0.2) is 36.7 Å². The third-order valence-corrected chi connectivity index (χ3v) is 4.86. The van der Waals surface area contributed by atoms with E-state index in [0.717, 1.165) is 6.42 Å². The fourth-order valence-electron chi connectivity index (χ4n) is 3.38. The Hall–Kier alpha value is -2.71. The third-order valence-electron chi connectivity index (χ3n) is 4.86. The Kier molecular flexibility index (Phi) is 4.44. The van der Waals surface area contributed by atoms with Gasteiger partial charge in [-0.2, -0.15) is 0 Å². The van der Waals surface area contributed by atoms with Crippen LogP contribution < -0.4 is 15.5 Å².